The number of rotatable bonds is 6. The van der Waals surface area contributed by atoms with Crippen molar-refractivity contribution in [1.82, 2.24) is 5.32 Å². The zero-order valence-electron chi connectivity index (χ0n) is 15.8. The van der Waals surface area contributed by atoms with E-state index < -0.39 is 15.9 Å². The predicted molar refractivity (Wildman–Crippen MR) is 119 cm³/mol. The quantitative estimate of drug-likeness (QED) is 0.490. The number of anilines is 2. The van der Waals surface area contributed by atoms with Crippen LogP contribution in [-0.4, -0.2) is 27.3 Å². The molecule has 154 valence electrons. The van der Waals surface area contributed by atoms with Crippen LogP contribution in [0.15, 0.2) is 82.2 Å². The molecule has 0 aliphatic carbocycles. The third-order valence-electron chi connectivity index (χ3n) is 4.11. The van der Waals surface area contributed by atoms with Gasteiger partial charge in [-0.3, -0.25) is 14.3 Å². The number of carbonyl (C=O) groups is 2. The molecule has 3 N–H and O–H groups in total. The van der Waals surface area contributed by atoms with Crippen LogP contribution in [0.2, 0.25) is 0 Å². The summed E-state index contributed by atoms with van der Waals surface area (Å²) in [5.41, 5.74) is 1.37. The molecule has 0 bridgehead atoms. The number of hydrogen-bond acceptors (Lipinski definition) is 4. The molecule has 0 spiro atoms. The van der Waals surface area contributed by atoms with E-state index in [0.717, 1.165) is 4.47 Å². The first-order valence-corrected chi connectivity index (χ1v) is 11.1. The molecule has 30 heavy (non-hydrogen) atoms. The molecule has 3 rings (SSSR count). The van der Waals surface area contributed by atoms with Crippen LogP contribution in [0.1, 0.15) is 20.7 Å². The average Bonchev–Trinajstić information content (AvgIpc) is 2.73. The minimum Gasteiger partial charge on any atom is -0.355 e. The number of sulfonamides is 1. The SMILES string of the molecule is CNC(=O)c1cccc(NC(=O)c2cccc(NS(=O)(=O)c3ccc(Br)cc3)c2)c1. The largest absolute Gasteiger partial charge is 0.355 e. The lowest BCUT2D eigenvalue weighted by molar-refractivity contribution is 0.0961. The molecule has 0 saturated carbocycles. The molecule has 0 aromatic heterocycles. The number of benzene rings is 3. The molecule has 0 atom stereocenters. The van der Waals surface area contributed by atoms with Crippen LogP contribution in [0.4, 0.5) is 11.4 Å². The highest BCUT2D eigenvalue weighted by molar-refractivity contribution is 9.10. The Labute approximate surface area is 182 Å². The van der Waals surface area contributed by atoms with Gasteiger partial charge in [0.25, 0.3) is 21.8 Å². The van der Waals surface area contributed by atoms with Crippen LogP contribution < -0.4 is 15.4 Å². The molecular weight excluding hydrogens is 470 g/mol. The zero-order chi connectivity index (χ0) is 21.7. The van der Waals surface area contributed by atoms with E-state index in [9.17, 15) is 18.0 Å². The molecule has 9 heteroatoms. The van der Waals surface area contributed by atoms with Gasteiger partial charge in [-0.25, -0.2) is 8.42 Å². The summed E-state index contributed by atoms with van der Waals surface area (Å²) in [6, 6.07) is 18.8. The molecule has 0 radical (unpaired) electrons. The van der Waals surface area contributed by atoms with Gasteiger partial charge < -0.3 is 10.6 Å². The summed E-state index contributed by atoms with van der Waals surface area (Å²) in [5.74, 6) is -0.704. The first kappa shape index (κ1) is 21.5. The number of carbonyl (C=O) groups excluding carboxylic acids is 2. The Morgan fingerprint density at radius 3 is 2.00 bits per heavy atom. The fraction of sp³-hybridized carbons (Fsp3) is 0.0476. The maximum Gasteiger partial charge on any atom is 0.261 e. The number of amides is 2. The van der Waals surface area contributed by atoms with Crippen LogP contribution >= 0.6 is 15.9 Å². The average molecular weight is 488 g/mol. The third kappa shape index (κ3) is 5.25. The first-order chi connectivity index (χ1) is 14.3. The minimum atomic E-state index is -3.80. The molecule has 2 amide bonds. The Kier molecular flexibility index (Phi) is 6.53. The highest BCUT2D eigenvalue weighted by atomic mass is 79.9. The van der Waals surface area contributed by atoms with Crippen LogP contribution in [0.3, 0.4) is 0 Å². The van der Waals surface area contributed by atoms with Crippen LogP contribution in [0.5, 0.6) is 0 Å². The van der Waals surface area contributed by atoms with E-state index in [0.29, 0.717) is 11.3 Å². The predicted octanol–water partition coefficient (Wildman–Crippen LogP) is 3.86. The standard InChI is InChI=1S/C21H18BrN3O4S/c1-23-20(26)14-4-2-6-17(12-14)24-21(27)15-5-3-7-18(13-15)25-30(28,29)19-10-8-16(22)9-11-19/h2-13,25H,1H3,(H,23,26)(H,24,27). The van der Waals surface area contributed by atoms with E-state index in [-0.39, 0.29) is 22.1 Å². The topological polar surface area (TPSA) is 104 Å². The summed E-state index contributed by atoms with van der Waals surface area (Å²) in [6.07, 6.45) is 0. The lowest BCUT2D eigenvalue weighted by Crippen LogP contribution is -2.18. The van der Waals surface area contributed by atoms with Crippen molar-refractivity contribution in [2.75, 3.05) is 17.1 Å². The van der Waals surface area contributed by atoms with E-state index in [4.69, 9.17) is 0 Å². The number of hydrogen-bond donors (Lipinski definition) is 3. The van der Waals surface area contributed by atoms with Crippen molar-refractivity contribution in [2.45, 2.75) is 4.90 Å². The summed E-state index contributed by atoms with van der Waals surface area (Å²) in [5, 5.41) is 5.22. The van der Waals surface area contributed by atoms with E-state index in [2.05, 4.69) is 31.3 Å². The number of nitrogens with one attached hydrogen (secondary N) is 3. The Morgan fingerprint density at radius 2 is 1.37 bits per heavy atom. The molecule has 0 aliphatic heterocycles. The molecule has 3 aromatic rings. The van der Waals surface area contributed by atoms with Gasteiger partial charge in [0.2, 0.25) is 0 Å². The second kappa shape index (κ2) is 9.10. The molecular formula is C21H18BrN3O4S. The van der Waals surface area contributed by atoms with Gasteiger partial charge in [0.15, 0.2) is 0 Å². The Bertz CT molecular complexity index is 1190. The first-order valence-electron chi connectivity index (χ1n) is 8.80. The van der Waals surface area contributed by atoms with Crippen molar-refractivity contribution in [3.63, 3.8) is 0 Å². The van der Waals surface area contributed by atoms with Crippen LogP contribution in [0, 0.1) is 0 Å². The zero-order valence-corrected chi connectivity index (χ0v) is 18.2. The lowest BCUT2D eigenvalue weighted by Gasteiger charge is -2.11. The van der Waals surface area contributed by atoms with E-state index in [1.54, 1.807) is 54.6 Å². The molecule has 3 aromatic carbocycles. The van der Waals surface area contributed by atoms with Crippen LogP contribution in [-0.2, 0) is 10.0 Å². The van der Waals surface area contributed by atoms with Gasteiger partial charge in [0, 0.05) is 34.0 Å². The van der Waals surface area contributed by atoms with Gasteiger partial charge in [-0.1, -0.05) is 28.1 Å². The Morgan fingerprint density at radius 1 is 0.800 bits per heavy atom. The summed E-state index contributed by atoms with van der Waals surface area (Å²) in [7, 11) is -2.27. The van der Waals surface area contributed by atoms with Crippen molar-refractivity contribution >= 4 is 49.1 Å². The van der Waals surface area contributed by atoms with Crippen molar-refractivity contribution in [3.8, 4) is 0 Å². The second-order valence-electron chi connectivity index (χ2n) is 6.25. The second-order valence-corrected chi connectivity index (χ2v) is 8.85. The molecule has 7 nitrogen and oxygen atoms in total. The molecule has 0 aliphatic rings. The van der Waals surface area contributed by atoms with Gasteiger partial charge >= 0.3 is 0 Å². The third-order valence-corrected chi connectivity index (χ3v) is 6.04. The van der Waals surface area contributed by atoms with Gasteiger partial charge in [0.05, 0.1) is 4.90 Å². The summed E-state index contributed by atoms with van der Waals surface area (Å²) in [6.45, 7) is 0. The summed E-state index contributed by atoms with van der Waals surface area (Å²) < 4.78 is 28.3. The monoisotopic (exact) mass is 487 g/mol. The van der Waals surface area contributed by atoms with Crippen molar-refractivity contribution in [1.29, 1.82) is 0 Å². The maximum atomic E-state index is 12.6. The Hall–Kier alpha value is -3.17. The van der Waals surface area contributed by atoms with Crippen molar-refractivity contribution < 1.29 is 18.0 Å². The van der Waals surface area contributed by atoms with Crippen molar-refractivity contribution in [3.05, 3.63) is 88.4 Å². The molecule has 0 fully saturated rings. The maximum absolute atomic E-state index is 12.6. The van der Waals surface area contributed by atoms with E-state index >= 15 is 0 Å². The summed E-state index contributed by atoms with van der Waals surface area (Å²) in [4.78, 5) is 24.4. The fourth-order valence-electron chi connectivity index (χ4n) is 2.64. The van der Waals surface area contributed by atoms with Crippen molar-refractivity contribution in [2.24, 2.45) is 0 Å². The molecule has 0 unspecified atom stereocenters. The highest BCUT2D eigenvalue weighted by Gasteiger charge is 2.15. The minimum absolute atomic E-state index is 0.103. The van der Waals surface area contributed by atoms with Crippen LogP contribution in [0.25, 0.3) is 0 Å². The van der Waals surface area contributed by atoms with Gasteiger partial charge in [-0.05, 0) is 60.7 Å². The highest BCUT2D eigenvalue weighted by Crippen LogP contribution is 2.20. The lowest BCUT2D eigenvalue weighted by atomic mass is 10.1. The normalized spacial score (nSPS) is 10.9. The van der Waals surface area contributed by atoms with Gasteiger partial charge in [-0.15, -0.1) is 0 Å². The smallest absolute Gasteiger partial charge is 0.261 e. The van der Waals surface area contributed by atoms with E-state index in [1.807, 2.05) is 0 Å². The number of halogens is 1. The summed E-state index contributed by atoms with van der Waals surface area (Å²) >= 11 is 3.27. The Balaban J connectivity index is 1.77. The fourth-order valence-corrected chi connectivity index (χ4v) is 3.95. The molecule has 0 heterocycles. The van der Waals surface area contributed by atoms with Gasteiger partial charge in [0.1, 0.15) is 0 Å². The van der Waals surface area contributed by atoms with Gasteiger partial charge in [-0.2, -0.15) is 0 Å². The van der Waals surface area contributed by atoms with E-state index in [1.165, 1.54) is 25.2 Å². The molecule has 0 saturated heterocycles.